The number of aryl methyl sites for hydroxylation is 1. The topological polar surface area (TPSA) is 81.4 Å². The van der Waals surface area contributed by atoms with E-state index < -0.39 is 10.0 Å². The number of methoxy groups -OCH3 is 1. The summed E-state index contributed by atoms with van der Waals surface area (Å²) >= 11 is 0. The first kappa shape index (κ1) is 15.2. The third-order valence-electron chi connectivity index (χ3n) is 3.26. The SMILES string of the molecule is COc1ccc(NS(=O)(=O)c2c(C)ccc(N)c2C)cc1. The zero-order valence-corrected chi connectivity index (χ0v) is 13.0. The molecule has 0 atom stereocenters. The van der Waals surface area contributed by atoms with Crippen molar-refractivity contribution in [2.24, 2.45) is 0 Å². The van der Waals surface area contributed by atoms with Gasteiger partial charge in [0.05, 0.1) is 12.0 Å². The maximum atomic E-state index is 12.6. The smallest absolute Gasteiger partial charge is 0.262 e. The van der Waals surface area contributed by atoms with E-state index in [-0.39, 0.29) is 4.90 Å². The van der Waals surface area contributed by atoms with Crippen LogP contribution in [0.3, 0.4) is 0 Å². The van der Waals surface area contributed by atoms with Crippen LogP contribution in [0.1, 0.15) is 11.1 Å². The molecular weight excluding hydrogens is 288 g/mol. The van der Waals surface area contributed by atoms with Gasteiger partial charge in [0.1, 0.15) is 5.75 Å². The van der Waals surface area contributed by atoms with Gasteiger partial charge in [-0.05, 0) is 55.3 Å². The van der Waals surface area contributed by atoms with Crippen molar-refractivity contribution in [1.82, 2.24) is 0 Å². The molecule has 0 aliphatic carbocycles. The lowest BCUT2D eigenvalue weighted by molar-refractivity contribution is 0.415. The van der Waals surface area contributed by atoms with Crippen LogP contribution >= 0.6 is 0 Å². The van der Waals surface area contributed by atoms with Crippen molar-refractivity contribution >= 4 is 21.4 Å². The van der Waals surface area contributed by atoms with E-state index in [2.05, 4.69) is 4.72 Å². The van der Waals surface area contributed by atoms with E-state index in [4.69, 9.17) is 10.5 Å². The van der Waals surface area contributed by atoms with Crippen LogP contribution in [0, 0.1) is 13.8 Å². The molecule has 0 aliphatic rings. The summed E-state index contributed by atoms with van der Waals surface area (Å²) in [5, 5.41) is 0. The van der Waals surface area contributed by atoms with Gasteiger partial charge < -0.3 is 10.5 Å². The van der Waals surface area contributed by atoms with Gasteiger partial charge in [0.15, 0.2) is 0 Å². The number of sulfonamides is 1. The van der Waals surface area contributed by atoms with Crippen molar-refractivity contribution in [2.45, 2.75) is 18.7 Å². The molecule has 2 rings (SSSR count). The van der Waals surface area contributed by atoms with E-state index in [0.717, 1.165) is 0 Å². The second-order valence-corrected chi connectivity index (χ2v) is 6.38. The third-order valence-corrected chi connectivity index (χ3v) is 4.93. The lowest BCUT2D eigenvalue weighted by atomic mass is 10.1. The third kappa shape index (κ3) is 3.11. The van der Waals surface area contributed by atoms with Gasteiger partial charge in [-0.15, -0.1) is 0 Å². The number of nitrogen functional groups attached to an aromatic ring is 1. The molecule has 0 amide bonds. The van der Waals surface area contributed by atoms with Gasteiger partial charge in [-0.1, -0.05) is 6.07 Å². The normalized spacial score (nSPS) is 11.2. The largest absolute Gasteiger partial charge is 0.497 e. The Kier molecular flexibility index (Phi) is 4.09. The molecule has 0 radical (unpaired) electrons. The van der Waals surface area contributed by atoms with Crippen LogP contribution in [0.5, 0.6) is 5.75 Å². The fourth-order valence-corrected chi connectivity index (χ4v) is 3.68. The molecule has 5 nitrogen and oxygen atoms in total. The fourth-order valence-electron chi connectivity index (χ4n) is 2.12. The summed E-state index contributed by atoms with van der Waals surface area (Å²) in [6, 6.07) is 10.1. The fraction of sp³-hybridized carbons (Fsp3) is 0.200. The number of rotatable bonds is 4. The van der Waals surface area contributed by atoms with E-state index in [9.17, 15) is 8.42 Å². The van der Waals surface area contributed by atoms with E-state index in [1.54, 1.807) is 57.4 Å². The molecule has 0 fully saturated rings. The van der Waals surface area contributed by atoms with Gasteiger partial charge in [0.2, 0.25) is 0 Å². The Morgan fingerprint density at radius 3 is 2.24 bits per heavy atom. The quantitative estimate of drug-likeness (QED) is 0.851. The Hall–Kier alpha value is -2.21. The minimum atomic E-state index is -3.69. The molecule has 0 spiro atoms. The molecular formula is C15H18N2O3S. The monoisotopic (exact) mass is 306 g/mol. The first-order valence-electron chi connectivity index (χ1n) is 6.37. The van der Waals surface area contributed by atoms with Crippen molar-refractivity contribution in [3.63, 3.8) is 0 Å². The molecule has 2 aromatic rings. The maximum Gasteiger partial charge on any atom is 0.262 e. The van der Waals surface area contributed by atoms with Crippen LogP contribution in [0.25, 0.3) is 0 Å². The first-order chi connectivity index (χ1) is 9.85. The Morgan fingerprint density at radius 2 is 1.67 bits per heavy atom. The van der Waals surface area contributed by atoms with Crippen molar-refractivity contribution in [3.05, 3.63) is 47.5 Å². The van der Waals surface area contributed by atoms with Gasteiger partial charge in [-0.25, -0.2) is 8.42 Å². The molecule has 0 bridgehead atoms. The standard InChI is InChI=1S/C15H18N2O3S/c1-10-4-9-14(16)11(2)15(10)21(18,19)17-12-5-7-13(20-3)8-6-12/h4-9,17H,16H2,1-3H3. The summed E-state index contributed by atoms with van der Waals surface area (Å²) in [6.45, 7) is 3.44. The predicted octanol–water partition coefficient (Wildman–Crippen LogP) is 2.70. The van der Waals surface area contributed by atoms with Crippen LogP contribution < -0.4 is 15.2 Å². The minimum Gasteiger partial charge on any atom is -0.497 e. The predicted molar refractivity (Wildman–Crippen MR) is 84.1 cm³/mol. The zero-order valence-electron chi connectivity index (χ0n) is 12.2. The number of benzene rings is 2. The van der Waals surface area contributed by atoms with Crippen molar-refractivity contribution in [2.75, 3.05) is 17.6 Å². The summed E-state index contributed by atoms with van der Waals surface area (Å²) in [5.74, 6) is 0.661. The molecule has 21 heavy (non-hydrogen) atoms. The molecule has 112 valence electrons. The average Bonchev–Trinajstić information content (AvgIpc) is 2.43. The summed E-state index contributed by atoms with van der Waals surface area (Å²) in [5.41, 5.74) is 7.94. The second-order valence-electron chi connectivity index (χ2n) is 4.76. The van der Waals surface area contributed by atoms with E-state index in [1.807, 2.05) is 0 Å². The highest BCUT2D eigenvalue weighted by atomic mass is 32.2. The van der Waals surface area contributed by atoms with E-state index >= 15 is 0 Å². The highest BCUT2D eigenvalue weighted by Crippen LogP contribution is 2.27. The Balaban J connectivity index is 2.41. The Bertz CT molecular complexity index is 753. The van der Waals surface area contributed by atoms with Gasteiger partial charge in [0, 0.05) is 11.4 Å². The highest BCUT2D eigenvalue weighted by Gasteiger charge is 2.20. The van der Waals surface area contributed by atoms with Crippen LogP contribution in [0.4, 0.5) is 11.4 Å². The molecule has 0 aliphatic heterocycles. The molecule has 0 unspecified atom stereocenters. The van der Waals surface area contributed by atoms with Gasteiger partial charge in [-0.2, -0.15) is 0 Å². The Labute approximate surface area is 124 Å². The molecule has 2 aromatic carbocycles. The molecule has 0 saturated carbocycles. The lowest BCUT2D eigenvalue weighted by Gasteiger charge is -2.14. The zero-order chi connectivity index (χ0) is 15.6. The average molecular weight is 306 g/mol. The first-order valence-corrected chi connectivity index (χ1v) is 7.86. The number of hydrogen-bond donors (Lipinski definition) is 2. The lowest BCUT2D eigenvalue weighted by Crippen LogP contribution is -2.16. The minimum absolute atomic E-state index is 0.221. The summed E-state index contributed by atoms with van der Waals surface area (Å²) in [6.07, 6.45) is 0. The molecule has 0 saturated heterocycles. The van der Waals surface area contributed by atoms with Gasteiger partial charge >= 0.3 is 0 Å². The number of nitrogens with two attached hydrogens (primary N) is 1. The molecule has 0 heterocycles. The van der Waals surface area contributed by atoms with Crippen molar-refractivity contribution in [1.29, 1.82) is 0 Å². The van der Waals surface area contributed by atoms with Crippen LogP contribution in [0.2, 0.25) is 0 Å². The highest BCUT2D eigenvalue weighted by molar-refractivity contribution is 7.92. The van der Waals surface area contributed by atoms with Crippen molar-refractivity contribution in [3.8, 4) is 5.75 Å². The van der Waals surface area contributed by atoms with Crippen LogP contribution in [-0.4, -0.2) is 15.5 Å². The van der Waals surface area contributed by atoms with Gasteiger partial charge in [0.25, 0.3) is 10.0 Å². The van der Waals surface area contributed by atoms with Gasteiger partial charge in [-0.3, -0.25) is 4.72 Å². The van der Waals surface area contributed by atoms with E-state index in [1.165, 1.54) is 0 Å². The second kappa shape index (κ2) is 5.65. The maximum absolute atomic E-state index is 12.6. The van der Waals surface area contributed by atoms with Crippen LogP contribution in [-0.2, 0) is 10.0 Å². The molecule has 0 aromatic heterocycles. The number of anilines is 2. The summed E-state index contributed by atoms with van der Waals surface area (Å²) in [7, 11) is -2.13. The van der Waals surface area contributed by atoms with E-state index in [0.29, 0.717) is 28.3 Å². The summed E-state index contributed by atoms with van der Waals surface area (Å²) < 4.78 is 32.7. The van der Waals surface area contributed by atoms with Crippen LogP contribution in [0.15, 0.2) is 41.3 Å². The number of ether oxygens (including phenoxy) is 1. The molecule has 6 heteroatoms. The number of hydrogen-bond acceptors (Lipinski definition) is 4. The Morgan fingerprint density at radius 1 is 1.05 bits per heavy atom. The van der Waals surface area contributed by atoms with Crippen molar-refractivity contribution < 1.29 is 13.2 Å². The molecule has 3 N–H and O–H groups in total. The number of nitrogens with one attached hydrogen (secondary N) is 1. The summed E-state index contributed by atoms with van der Waals surface area (Å²) in [4.78, 5) is 0.221.